The van der Waals surface area contributed by atoms with Crippen LogP contribution in [0.15, 0.2) is 54.6 Å². The molecule has 30 heavy (non-hydrogen) atoms. The molecule has 2 aliphatic heterocycles. The van der Waals surface area contributed by atoms with Crippen LogP contribution in [-0.2, 0) is 11.0 Å². The average Bonchev–Trinajstić information content (AvgIpc) is 3.16. The first-order valence-electron chi connectivity index (χ1n) is 9.73. The van der Waals surface area contributed by atoms with Gasteiger partial charge >= 0.3 is 6.18 Å². The number of rotatable bonds is 2. The second-order valence-electron chi connectivity index (χ2n) is 7.95. The van der Waals surface area contributed by atoms with Gasteiger partial charge in [0.1, 0.15) is 0 Å². The summed E-state index contributed by atoms with van der Waals surface area (Å²) >= 11 is 0. The molecule has 2 heterocycles. The predicted molar refractivity (Wildman–Crippen MR) is 106 cm³/mol. The van der Waals surface area contributed by atoms with E-state index in [0.29, 0.717) is 26.1 Å². The number of amides is 2. The van der Waals surface area contributed by atoms with Crippen LogP contribution in [0.25, 0.3) is 0 Å². The van der Waals surface area contributed by atoms with Gasteiger partial charge in [-0.3, -0.25) is 14.5 Å². The zero-order chi connectivity index (χ0) is 21.5. The minimum absolute atomic E-state index is 0.00170. The van der Waals surface area contributed by atoms with Crippen molar-refractivity contribution in [3.63, 3.8) is 0 Å². The lowest BCUT2D eigenvalue weighted by molar-refractivity contribution is -0.137. The maximum atomic E-state index is 12.9. The summed E-state index contributed by atoms with van der Waals surface area (Å²) in [6, 6.07) is 13.7. The standard InChI is InChI=1S/C22H22F3N3O2/c1-26-13-19(29)28(18-5-3-2-4-6-18)15-21(26)11-12-27(14-21)20(30)16-7-9-17(10-8-16)22(23,24)25/h2-10H,11-15H2,1H3/t21-/m1/s1. The highest BCUT2D eigenvalue weighted by molar-refractivity contribution is 5.97. The molecule has 8 heteroatoms. The number of benzene rings is 2. The first-order chi connectivity index (χ1) is 14.2. The molecule has 2 fully saturated rings. The lowest BCUT2D eigenvalue weighted by Crippen LogP contribution is -2.64. The molecule has 0 aromatic heterocycles. The van der Waals surface area contributed by atoms with Crippen molar-refractivity contribution in [2.45, 2.75) is 18.1 Å². The number of carbonyl (C=O) groups is 2. The van der Waals surface area contributed by atoms with E-state index in [0.717, 1.165) is 17.8 Å². The van der Waals surface area contributed by atoms with Crippen LogP contribution in [0.3, 0.4) is 0 Å². The highest BCUT2D eigenvalue weighted by Gasteiger charge is 2.48. The van der Waals surface area contributed by atoms with Crippen LogP contribution in [0, 0.1) is 0 Å². The van der Waals surface area contributed by atoms with Gasteiger partial charge < -0.3 is 9.80 Å². The molecule has 1 atom stereocenters. The van der Waals surface area contributed by atoms with E-state index in [9.17, 15) is 22.8 Å². The van der Waals surface area contributed by atoms with Gasteiger partial charge in [0.15, 0.2) is 0 Å². The summed E-state index contributed by atoms with van der Waals surface area (Å²) in [6.07, 6.45) is -3.75. The van der Waals surface area contributed by atoms with Gasteiger partial charge in [0, 0.05) is 30.9 Å². The molecule has 0 saturated carbocycles. The van der Waals surface area contributed by atoms with E-state index < -0.39 is 11.7 Å². The summed E-state index contributed by atoms with van der Waals surface area (Å²) in [7, 11) is 1.88. The van der Waals surface area contributed by atoms with Crippen LogP contribution in [0.5, 0.6) is 0 Å². The third-order valence-corrected chi connectivity index (χ3v) is 6.08. The van der Waals surface area contributed by atoms with E-state index in [-0.39, 0.29) is 29.5 Å². The highest BCUT2D eigenvalue weighted by atomic mass is 19.4. The molecule has 5 nitrogen and oxygen atoms in total. The molecule has 2 aromatic rings. The van der Waals surface area contributed by atoms with E-state index in [1.807, 2.05) is 42.3 Å². The Balaban J connectivity index is 1.52. The largest absolute Gasteiger partial charge is 0.416 e. The minimum Gasteiger partial charge on any atom is -0.337 e. The molecule has 158 valence electrons. The molecule has 2 amide bonds. The first-order valence-corrected chi connectivity index (χ1v) is 9.73. The molecule has 1 spiro atoms. The molecule has 2 aliphatic rings. The number of para-hydroxylation sites is 1. The average molecular weight is 417 g/mol. The molecule has 4 rings (SSSR count). The van der Waals surface area contributed by atoms with E-state index >= 15 is 0 Å². The maximum Gasteiger partial charge on any atom is 0.416 e. The number of halogens is 3. The Bertz CT molecular complexity index is 946. The normalized spacial score (nSPS) is 22.7. The Morgan fingerprint density at radius 1 is 1.00 bits per heavy atom. The van der Waals surface area contributed by atoms with Crippen molar-refractivity contribution in [3.05, 3.63) is 65.7 Å². The molecule has 2 saturated heterocycles. The molecule has 0 bridgehead atoms. The van der Waals surface area contributed by atoms with Crippen molar-refractivity contribution in [3.8, 4) is 0 Å². The van der Waals surface area contributed by atoms with E-state index in [1.165, 1.54) is 12.1 Å². The Kier molecular flexibility index (Phi) is 5.05. The fourth-order valence-electron chi connectivity index (χ4n) is 4.26. The molecule has 0 unspecified atom stereocenters. The van der Waals surface area contributed by atoms with Crippen molar-refractivity contribution in [1.82, 2.24) is 9.80 Å². The monoisotopic (exact) mass is 417 g/mol. The van der Waals surface area contributed by atoms with Gasteiger partial charge in [0.25, 0.3) is 5.91 Å². The fourth-order valence-corrected chi connectivity index (χ4v) is 4.26. The summed E-state index contributed by atoms with van der Waals surface area (Å²) < 4.78 is 38.3. The van der Waals surface area contributed by atoms with Gasteiger partial charge in [-0.05, 0) is 49.9 Å². The quantitative estimate of drug-likeness (QED) is 0.754. The fraction of sp³-hybridized carbons (Fsp3) is 0.364. The summed E-state index contributed by atoms with van der Waals surface area (Å²) in [5.41, 5.74) is -0.108. The topological polar surface area (TPSA) is 43.9 Å². The van der Waals surface area contributed by atoms with Gasteiger partial charge in [-0.15, -0.1) is 0 Å². The predicted octanol–water partition coefficient (Wildman–Crippen LogP) is 3.27. The second kappa shape index (κ2) is 7.43. The zero-order valence-corrected chi connectivity index (χ0v) is 16.5. The summed E-state index contributed by atoms with van der Waals surface area (Å²) in [6.45, 7) is 1.61. The summed E-state index contributed by atoms with van der Waals surface area (Å²) in [5.74, 6) is -0.293. The van der Waals surface area contributed by atoms with Crippen molar-refractivity contribution in [1.29, 1.82) is 0 Å². The number of carbonyl (C=O) groups excluding carboxylic acids is 2. The van der Waals surface area contributed by atoms with Crippen LogP contribution in [0.4, 0.5) is 18.9 Å². The first kappa shape index (κ1) is 20.4. The van der Waals surface area contributed by atoms with E-state index in [1.54, 1.807) is 9.80 Å². The second-order valence-corrected chi connectivity index (χ2v) is 7.95. The van der Waals surface area contributed by atoms with Crippen molar-refractivity contribution >= 4 is 17.5 Å². The molecule has 0 N–H and O–H groups in total. The van der Waals surface area contributed by atoms with Gasteiger partial charge in [0.2, 0.25) is 5.91 Å². The number of anilines is 1. The number of likely N-dealkylation sites (tertiary alicyclic amines) is 1. The zero-order valence-electron chi connectivity index (χ0n) is 16.5. The SMILES string of the molecule is CN1CC(=O)N(c2ccccc2)C[C@]12CCN(C(=O)c1ccc(C(F)(F)F)cc1)C2. The van der Waals surface area contributed by atoms with Crippen molar-refractivity contribution < 1.29 is 22.8 Å². The number of alkyl halides is 3. The maximum absolute atomic E-state index is 12.9. The number of hydrogen-bond donors (Lipinski definition) is 0. The summed E-state index contributed by atoms with van der Waals surface area (Å²) in [5, 5.41) is 0. The van der Waals surface area contributed by atoms with Crippen LogP contribution in [0.1, 0.15) is 22.3 Å². The van der Waals surface area contributed by atoms with Gasteiger partial charge in [-0.2, -0.15) is 13.2 Å². The minimum atomic E-state index is -4.43. The molecular weight excluding hydrogens is 395 g/mol. The van der Waals surface area contributed by atoms with E-state index in [4.69, 9.17) is 0 Å². The lowest BCUT2D eigenvalue weighted by atomic mass is 9.92. The third-order valence-electron chi connectivity index (χ3n) is 6.08. The summed E-state index contributed by atoms with van der Waals surface area (Å²) in [4.78, 5) is 30.9. The van der Waals surface area contributed by atoms with E-state index in [2.05, 4.69) is 0 Å². The van der Waals surface area contributed by atoms with Crippen molar-refractivity contribution in [2.75, 3.05) is 38.1 Å². The van der Waals surface area contributed by atoms with Gasteiger partial charge in [0.05, 0.1) is 17.6 Å². The molecular formula is C22H22F3N3O2. The Morgan fingerprint density at radius 3 is 2.30 bits per heavy atom. The number of likely N-dealkylation sites (N-methyl/N-ethyl adjacent to an activating group) is 1. The Morgan fingerprint density at radius 2 is 1.67 bits per heavy atom. The lowest BCUT2D eigenvalue weighted by Gasteiger charge is -2.46. The Hall–Kier alpha value is -2.87. The smallest absolute Gasteiger partial charge is 0.337 e. The Labute approximate surface area is 172 Å². The van der Waals surface area contributed by atoms with Gasteiger partial charge in [-0.1, -0.05) is 18.2 Å². The highest BCUT2D eigenvalue weighted by Crippen LogP contribution is 2.34. The van der Waals surface area contributed by atoms with Crippen LogP contribution < -0.4 is 4.90 Å². The van der Waals surface area contributed by atoms with Crippen molar-refractivity contribution in [2.24, 2.45) is 0 Å². The number of piperazine rings is 1. The molecule has 0 radical (unpaired) electrons. The van der Waals surface area contributed by atoms with Crippen LogP contribution >= 0.6 is 0 Å². The van der Waals surface area contributed by atoms with Gasteiger partial charge in [-0.25, -0.2) is 0 Å². The number of hydrogen-bond acceptors (Lipinski definition) is 3. The third kappa shape index (κ3) is 3.67. The van der Waals surface area contributed by atoms with Crippen LogP contribution in [-0.4, -0.2) is 60.4 Å². The molecule has 2 aromatic carbocycles. The van der Waals surface area contributed by atoms with Crippen LogP contribution in [0.2, 0.25) is 0 Å². The molecule has 0 aliphatic carbocycles. The number of nitrogens with zero attached hydrogens (tertiary/aromatic N) is 3.